The van der Waals surface area contributed by atoms with E-state index in [2.05, 4.69) is 10.4 Å². The third-order valence-corrected chi connectivity index (χ3v) is 4.29. The van der Waals surface area contributed by atoms with Gasteiger partial charge in [-0.1, -0.05) is 12.8 Å². The fraction of sp³-hybridized carbons (Fsp3) is 0.500. The van der Waals surface area contributed by atoms with Crippen LogP contribution in [0.4, 0.5) is 0 Å². The molecule has 0 aliphatic heterocycles. The molecule has 118 valence electrons. The molecule has 2 N–H and O–H groups in total. The SMILES string of the molecule is Cc1c(C(=O)NCC(O)c2ccco2)cnn1C1CCCC1. The van der Waals surface area contributed by atoms with Crippen molar-refractivity contribution in [3.63, 3.8) is 0 Å². The summed E-state index contributed by atoms with van der Waals surface area (Å²) >= 11 is 0. The Hall–Kier alpha value is -2.08. The van der Waals surface area contributed by atoms with Gasteiger partial charge in [0, 0.05) is 5.69 Å². The molecule has 22 heavy (non-hydrogen) atoms. The molecular formula is C16H21N3O3. The van der Waals surface area contributed by atoms with Crippen LogP contribution in [0.2, 0.25) is 0 Å². The van der Waals surface area contributed by atoms with Crippen LogP contribution in [0.25, 0.3) is 0 Å². The summed E-state index contributed by atoms with van der Waals surface area (Å²) in [6, 6.07) is 3.80. The summed E-state index contributed by atoms with van der Waals surface area (Å²) in [5.41, 5.74) is 1.45. The molecule has 3 rings (SSSR count). The molecule has 0 aromatic carbocycles. The third kappa shape index (κ3) is 2.92. The van der Waals surface area contributed by atoms with Gasteiger partial charge >= 0.3 is 0 Å². The van der Waals surface area contributed by atoms with Gasteiger partial charge < -0.3 is 14.8 Å². The Kier molecular flexibility index (Phi) is 4.29. The van der Waals surface area contributed by atoms with Gasteiger partial charge in [-0.25, -0.2) is 0 Å². The van der Waals surface area contributed by atoms with Crippen LogP contribution in [-0.4, -0.2) is 27.3 Å². The summed E-state index contributed by atoms with van der Waals surface area (Å²) in [7, 11) is 0. The summed E-state index contributed by atoms with van der Waals surface area (Å²) in [5, 5.41) is 17.0. The van der Waals surface area contributed by atoms with Gasteiger partial charge in [0.25, 0.3) is 5.91 Å². The summed E-state index contributed by atoms with van der Waals surface area (Å²) in [4.78, 5) is 12.3. The summed E-state index contributed by atoms with van der Waals surface area (Å²) in [6.45, 7) is 2.03. The normalized spacial score (nSPS) is 16.8. The molecule has 0 bridgehead atoms. The quantitative estimate of drug-likeness (QED) is 0.888. The first-order chi connectivity index (χ1) is 10.7. The molecule has 0 saturated heterocycles. The van der Waals surface area contributed by atoms with Gasteiger partial charge in [-0.05, 0) is 31.9 Å². The number of nitrogens with zero attached hydrogens (tertiary/aromatic N) is 2. The molecule has 1 fully saturated rings. The van der Waals surface area contributed by atoms with Gasteiger partial charge in [0.15, 0.2) is 0 Å². The van der Waals surface area contributed by atoms with E-state index in [-0.39, 0.29) is 12.5 Å². The van der Waals surface area contributed by atoms with E-state index < -0.39 is 6.10 Å². The molecule has 1 atom stereocenters. The highest BCUT2D eigenvalue weighted by Gasteiger charge is 2.23. The molecule has 2 aromatic heterocycles. The van der Waals surface area contributed by atoms with Crippen LogP contribution in [0.5, 0.6) is 0 Å². The zero-order valence-corrected chi connectivity index (χ0v) is 12.7. The molecule has 0 spiro atoms. The average Bonchev–Trinajstić information content (AvgIpc) is 3.24. The minimum absolute atomic E-state index is 0.112. The molecular weight excluding hydrogens is 282 g/mol. The van der Waals surface area contributed by atoms with Crippen molar-refractivity contribution in [2.24, 2.45) is 0 Å². The fourth-order valence-corrected chi connectivity index (χ4v) is 3.03. The smallest absolute Gasteiger partial charge is 0.254 e. The zero-order valence-electron chi connectivity index (χ0n) is 12.7. The van der Waals surface area contributed by atoms with Crippen LogP contribution >= 0.6 is 0 Å². The van der Waals surface area contributed by atoms with Crippen molar-refractivity contribution in [2.45, 2.75) is 44.8 Å². The third-order valence-electron chi connectivity index (χ3n) is 4.29. The maximum absolute atomic E-state index is 12.3. The predicted octanol–water partition coefficient (Wildman–Crippen LogP) is 2.36. The van der Waals surface area contributed by atoms with Crippen LogP contribution in [0.3, 0.4) is 0 Å². The number of carbonyl (C=O) groups excluding carboxylic acids is 1. The van der Waals surface area contributed by atoms with E-state index >= 15 is 0 Å². The second-order valence-electron chi connectivity index (χ2n) is 5.77. The van der Waals surface area contributed by atoms with Crippen molar-refractivity contribution in [3.8, 4) is 0 Å². The summed E-state index contributed by atoms with van der Waals surface area (Å²) in [5.74, 6) is 0.228. The van der Waals surface area contributed by atoms with Gasteiger partial charge in [-0.15, -0.1) is 0 Å². The van der Waals surface area contributed by atoms with E-state index in [1.54, 1.807) is 18.3 Å². The van der Waals surface area contributed by atoms with Gasteiger partial charge in [0.05, 0.1) is 30.6 Å². The lowest BCUT2D eigenvalue weighted by molar-refractivity contribution is 0.0900. The number of aromatic nitrogens is 2. The van der Waals surface area contributed by atoms with E-state index in [1.807, 2.05) is 11.6 Å². The Morgan fingerprint density at radius 2 is 2.32 bits per heavy atom. The van der Waals surface area contributed by atoms with E-state index in [0.717, 1.165) is 18.5 Å². The van der Waals surface area contributed by atoms with Crippen LogP contribution < -0.4 is 5.32 Å². The Morgan fingerprint density at radius 3 is 3.00 bits per heavy atom. The molecule has 1 amide bonds. The summed E-state index contributed by atoms with van der Waals surface area (Å²) < 4.78 is 7.07. The fourth-order valence-electron chi connectivity index (χ4n) is 3.03. The number of aliphatic hydroxyl groups excluding tert-OH is 1. The predicted molar refractivity (Wildman–Crippen MR) is 80.5 cm³/mol. The number of carbonyl (C=O) groups is 1. The molecule has 1 aliphatic carbocycles. The van der Waals surface area contributed by atoms with Crippen molar-refractivity contribution in [1.82, 2.24) is 15.1 Å². The highest BCUT2D eigenvalue weighted by Crippen LogP contribution is 2.30. The minimum atomic E-state index is -0.843. The molecule has 1 unspecified atom stereocenters. The van der Waals surface area contributed by atoms with Gasteiger partial charge in [-0.2, -0.15) is 5.10 Å². The zero-order chi connectivity index (χ0) is 15.5. The van der Waals surface area contributed by atoms with Crippen molar-refractivity contribution in [1.29, 1.82) is 0 Å². The van der Waals surface area contributed by atoms with E-state index in [0.29, 0.717) is 17.4 Å². The van der Waals surface area contributed by atoms with Crippen LogP contribution in [0.1, 0.15) is 59.6 Å². The van der Waals surface area contributed by atoms with Crippen LogP contribution in [0.15, 0.2) is 29.0 Å². The molecule has 1 saturated carbocycles. The molecule has 6 heteroatoms. The van der Waals surface area contributed by atoms with E-state index in [9.17, 15) is 9.90 Å². The number of hydrogen-bond donors (Lipinski definition) is 2. The monoisotopic (exact) mass is 303 g/mol. The lowest BCUT2D eigenvalue weighted by atomic mass is 10.2. The minimum Gasteiger partial charge on any atom is -0.467 e. The topological polar surface area (TPSA) is 80.3 Å². The van der Waals surface area contributed by atoms with Crippen molar-refractivity contribution >= 4 is 5.91 Å². The first-order valence-corrected chi connectivity index (χ1v) is 7.70. The number of aliphatic hydroxyl groups is 1. The highest BCUT2D eigenvalue weighted by molar-refractivity contribution is 5.95. The highest BCUT2D eigenvalue weighted by atomic mass is 16.4. The second kappa shape index (κ2) is 6.36. The number of furan rings is 1. The molecule has 2 aromatic rings. The average molecular weight is 303 g/mol. The lowest BCUT2D eigenvalue weighted by Gasteiger charge is -2.13. The standard InChI is InChI=1S/C16H21N3O3/c1-11-13(9-18-19(11)12-5-2-3-6-12)16(21)17-10-14(20)15-7-4-8-22-15/h4,7-9,12,14,20H,2-3,5-6,10H2,1H3,(H,17,21). The Bertz CT molecular complexity index is 627. The van der Waals surface area contributed by atoms with E-state index in [4.69, 9.17) is 4.42 Å². The van der Waals surface area contributed by atoms with Crippen LogP contribution in [0, 0.1) is 6.92 Å². The summed E-state index contributed by atoms with van der Waals surface area (Å²) in [6.07, 6.45) is 6.96. The van der Waals surface area contributed by atoms with E-state index in [1.165, 1.54) is 19.1 Å². The van der Waals surface area contributed by atoms with Gasteiger partial charge in [0.2, 0.25) is 0 Å². The number of amides is 1. The molecule has 0 radical (unpaired) electrons. The van der Waals surface area contributed by atoms with Crippen LogP contribution in [-0.2, 0) is 0 Å². The number of rotatable bonds is 5. The maximum atomic E-state index is 12.3. The van der Waals surface area contributed by atoms with Gasteiger partial charge in [-0.3, -0.25) is 9.48 Å². The van der Waals surface area contributed by atoms with Crippen molar-refractivity contribution in [2.75, 3.05) is 6.54 Å². The first-order valence-electron chi connectivity index (χ1n) is 7.70. The first kappa shape index (κ1) is 14.8. The maximum Gasteiger partial charge on any atom is 0.254 e. The second-order valence-corrected chi connectivity index (χ2v) is 5.77. The Balaban J connectivity index is 1.62. The number of hydrogen-bond acceptors (Lipinski definition) is 4. The Morgan fingerprint density at radius 1 is 1.55 bits per heavy atom. The van der Waals surface area contributed by atoms with Gasteiger partial charge in [0.1, 0.15) is 11.9 Å². The molecule has 6 nitrogen and oxygen atoms in total. The van der Waals surface area contributed by atoms with Crippen molar-refractivity contribution in [3.05, 3.63) is 41.6 Å². The Labute approximate surface area is 129 Å². The molecule has 1 aliphatic rings. The number of nitrogens with one attached hydrogen (secondary N) is 1. The molecule has 2 heterocycles. The lowest BCUT2D eigenvalue weighted by Crippen LogP contribution is -2.28. The van der Waals surface area contributed by atoms with Crippen molar-refractivity contribution < 1.29 is 14.3 Å². The largest absolute Gasteiger partial charge is 0.467 e.